The lowest BCUT2D eigenvalue weighted by atomic mass is 10.1. The summed E-state index contributed by atoms with van der Waals surface area (Å²) in [5.74, 6) is 0.341. The van der Waals surface area contributed by atoms with E-state index in [4.69, 9.17) is 0 Å². The monoisotopic (exact) mass is 250 g/mol. The maximum atomic E-state index is 11.8. The molecule has 0 N–H and O–H groups in total. The van der Waals surface area contributed by atoms with Crippen molar-refractivity contribution in [2.75, 3.05) is 0 Å². The Morgan fingerprint density at radius 2 is 1.89 bits per heavy atom. The van der Waals surface area contributed by atoms with Crippen LogP contribution in [0.15, 0.2) is 6.07 Å². The van der Waals surface area contributed by atoms with E-state index in [0.29, 0.717) is 12.2 Å². The molecule has 18 heavy (non-hydrogen) atoms. The lowest BCUT2D eigenvalue weighted by molar-refractivity contribution is -0.118. The molecule has 0 spiro atoms. The van der Waals surface area contributed by atoms with E-state index in [1.807, 2.05) is 24.7 Å². The summed E-state index contributed by atoms with van der Waals surface area (Å²) < 4.78 is 1.81. The van der Waals surface area contributed by atoms with Gasteiger partial charge in [-0.25, -0.2) is 0 Å². The zero-order chi connectivity index (χ0) is 13.4. The SMILES string of the molecule is CCCCCCCCC(=O)Cc1cc(C)nn1C. The molecule has 1 heterocycles. The van der Waals surface area contributed by atoms with Crippen LogP contribution in [-0.4, -0.2) is 15.6 Å². The van der Waals surface area contributed by atoms with Gasteiger partial charge >= 0.3 is 0 Å². The van der Waals surface area contributed by atoms with E-state index < -0.39 is 0 Å². The molecular weight excluding hydrogens is 224 g/mol. The van der Waals surface area contributed by atoms with E-state index >= 15 is 0 Å². The molecule has 1 aromatic heterocycles. The summed E-state index contributed by atoms with van der Waals surface area (Å²) in [5, 5.41) is 4.26. The minimum Gasteiger partial charge on any atom is -0.299 e. The van der Waals surface area contributed by atoms with Crippen LogP contribution in [0.5, 0.6) is 0 Å². The molecule has 1 rings (SSSR count). The maximum absolute atomic E-state index is 11.8. The fourth-order valence-corrected chi connectivity index (χ4v) is 2.22. The molecule has 0 unspecified atom stereocenters. The lowest BCUT2D eigenvalue weighted by Crippen LogP contribution is -2.07. The Morgan fingerprint density at radius 1 is 1.22 bits per heavy atom. The Hall–Kier alpha value is -1.12. The molecule has 0 atom stereocenters. The molecule has 0 fully saturated rings. The van der Waals surface area contributed by atoms with Gasteiger partial charge in [-0.3, -0.25) is 9.48 Å². The van der Waals surface area contributed by atoms with Crippen molar-refractivity contribution in [2.45, 2.75) is 65.2 Å². The number of carbonyl (C=O) groups excluding carboxylic acids is 1. The summed E-state index contributed by atoms with van der Waals surface area (Å²) in [6.07, 6.45) is 8.66. The van der Waals surface area contributed by atoms with Crippen LogP contribution in [0.3, 0.4) is 0 Å². The highest BCUT2D eigenvalue weighted by atomic mass is 16.1. The van der Waals surface area contributed by atoms with Crippen molar-refractivity contribution < 1.29 is 4.79 Å². The van der Waals surface area contributed by atoms with Crippen LogP contribution in [0.1, 0.15) is 63.3 Å². The molecule has 0 saturated carbocycles. The van der Waals surface area contributed by atoms with Gasteiger partial charge < -0.3 is 0 Å². The first-order chi connectivity index (χ1) is 8.63. The molecule has 1 aromatic rings. The highest BCUT2D eigenvalue weighted by Crippen LogP contribution is 2.09. The first-order valence-corrected chi connectivity index (χ1v) is 7.14. The summed E-state index contributed by atoms with van der Waals surface area (Å²) >= 11 is 0. The Balaban J connectivity index is 2.16. The fourth-order valence-electron chi connectivity index (χ4n) is 2.22. The van der Waals surface area contributed by atoms with Crippen LogP contribution < -0.4 is 0 Å². The van der Waals surface area contributed by atoms with Crippen molar-refractivity contribution in [3.63, 3.8) is 0 Å². The Morgan fingerprint density at radius 3 is 2.50 bits per heavy atom. The second kappa shape index (κ2) is 8.06. The summed E-state index contributed by atoms with van der Waals surface area (Å²) in [7, 11) is 1.90. The van der Waals surface area contributed by atoms with Crippen LogP contribution in [0.25, 0.3) is 0 Å². The van der Waals surface area contributed by atoms with Gasteiger partial charge in [0.2, 0.25) is 0 Å². The molecule has 0 saturated heterocycles. The molecular formula is C15H26N2O. The van der Waals surface area contributed by atoms with Gasteiger partial charge in [-0.05, 0) is 19.4 Å². The molecule has 0 aliphatic carbocycles. The summed E-state index contributed by atoms with van der Waals surface area (Å²) in [4.78, 5) is 11.8. The van der Waals surface area contributed by atoms with Gasteiger partial charge in [-0.2, -0.15) is 5.10 Å². The molecule has 102 valence electrons. The Bertz CT molecular complexity index is 369. The quantitative estimate of drug-likeness (QED) is 0.628. The van der Waals surface area contributed by atoms with E-state index in [1.165, 1.54) is 32.1 Å². The molecule has 0 bridgehead atoms. The number of hydrogen-bond acceptors (Lipinski definition) is 2. The lowest BCUT2D eigenvalue weighted by Gasteiger charge is -2.02. The van der Waals surface area contributed by atoms with Crippen molar-refractivity contribution in [3.05, 3.63) is 17.5 Å². The number of aryl methyl sites for hydroxylation is 2. The number of hydrogen-bond donors (Lipinski definition) is 0. The molecule has 0 radical (unpaired) electrons. The summed E-state index contributed by atoms with van der Waals surface area (Å²) in [5.41, 5.74) is 2.02. The predicted molar refractivity (Wildman–Crippen MR) is 74.6 cm³/mol. The highest BCUT2D eigenvalue weighted by molar-refractivity contribution is 5.80. The Kier molecular flexibility index (Phi) is 6.69. The van der Waals surface area contributed by atoms with E-state index in [9.17, 15) is 4.79 Å². The van der Waals surface area contributed by atoms with Gasteiger partial charge in [0.25, 0.3) is 0 Å². The molecule has 3 heteroatoms. The van der Waals surface area contributed by atoms with Gasteiger partial charge in [0, 0.05) is 25.6 Å². The average Bonchev–Trinajstić information content (AvgIpc) is 2.62. The zero-order valence-electron chi connectivity index (χ0n) is 12.0. The topological polar surface area (TPSA) is 34.9 Å². The second-order valence-electron chi connectivity index (χ2n) is 5.13. The van der Waals surface area contributed by atoms with Crippen molar-refractivity contribution in [1.82, 2.24) is 9.78 Å². The fraction of sp³-hybridized carbons (Fsp3) is 0.733. The molecule has 3 nitrogen and oxygen atoms in total. The smallest absolute Gasteiger partial charge is 0.138 e. The van der Waals surface area contributed by atoms with Crippen LogP contribution in [-0.2, 0) is 18.3 Å². The third-order valence-electron chi connectivity index (χ3n) is 3.29. The van der Waals surface area contributed by atoms with Crippen LogP contribution in [0.4, 0.5) is 0 Å². The van der Waals surface area contributed by atoms with E-state index in [1.54, 1.807) is 0 Å². The van der Waals surface area contributed by atoms with Crippen molar-refractivity contribution in [2.24, 2.45) is 7.05 Å². The van der Waals surface area contributed by atoms with Crippen molar-refractivity contribution in [1.29, 1.82) is 0 Å². The largest absolute Gasteiger partial charge is 0.299 e. The van der Waals surface area contributed by atoms with E-state index in [2.05, 4.69) is 12.0 Å². The number of unbranched alkanes of at least 4 members (excludes halogenated alkanes) is 5. The van der Waals surface area contributed by atoms with Gasteiger partial charge in [-0.1, -0.05) is 39.0 Å². The van der Waals surface area contributed by atoms with E-state index in [-0.39, 0.29) is 0 Å². The molecule has 0 aromatic carbocycles. The normalized spacial score (nSPS) is 10.8. The summed E-state index contributed by atoms with van der Waals surface area (Å²) in [6, 6.07) is 2.00. The summed E-state index contributed by atoms with van der Waals surface area (Å²) in [6.45, 7) is 4.18. The minimum absolute atomic E-state index is 0.341. The minimum atomic E-state index is 0.341. The van der Waals surface area contributed by atoms with Crippen molar-refractivity contribution >= 4 is 5.78 Å². The number of aromatic nitrogens is 2. The second-order valence-corrected chi connectivity index (χ2v) is 5.13. The number of ketones is 1. The molecule has 0 aliphatic rings. The molecule has 0 aliphatic heterocycles. The first kappa shape index (κ1) is 14.9. The van der Waals surface area contributed by atoms with Crippen LogP contribution in [0, 0.1) is 6.92 Å². The number of rotatable bonds is 9. The predicted octanol–water partition coefficient (Wildman–Crippen LogP) is 3.59. The van der Waals surface area contributed by atoms with Crippen LogP contribution >= 0.6 is 0 Å². The third kappa shape index (κ3) is 5.48. The van der Waals surface area contributed by atoms with Gasteiger partial charge in [-0.15, -0.1) is 0 Å². The molecule has 0 amide bonds. The standard InChI is InChI=1S/C15H26N2O/c1-4-5-6-7-8-9-10-15(18)12-14-11-13(2)16-17(14)3/h11H,4-10,12H2,1-3H3. The zero-order valence-corrected chi connectivity index (χ0v) is 12.0. The third-order valence-corrected chi connectivity index (χ3v) is 3.29. The van der Waals surface area contributed by atoms with Crippen LogP contribution in [0.2, 0.25) is 0 Å². The van der Waals surface area contributed by atoms with E-state index in [0.717, 1.165) is 24.2 Å². The first-order valence-electron chi connectivity index (χ1n) is 7.14. The number of nitrogens with zero attached hydrogens (tertiary/aromatic N) is 2. The van der Waals surface area contributed by atoms with Gasteiger partial charge in [0.1, 0.15) is 5.78 Å². The maximum Gasteiger partial charge on any atom is 0.138 e. The average molecular weight is 250 g/mol. The van der Waals surface area contributed by atoms with Gasteiger partial charge in [0.15, 0.2) is 0 Å². The Labute approximate surface area is 111 Å². The number of carbonyl (C=O) groups is 1. The highest BCUT2D eigenvalue weighted by Gasteiger charge is 2.08. The van der Waals surface area contributed by atoms with Crippen molar-refractivity contribution in [3.8, 4) is 0 Å². The van der Waals surface area contributed by atoms with Gasteiger partial charge in [0.05, 0.1) is 5.69 Å². The number of Topliss-reactive ketones (excluding diaryl/α,β-unsaturated/α-hetero) is 1.